The highest BCUT2D eigenvalue weighted by Crippen LogP contribution is 2.21. The van der Waals surface area contributed by atoms with Gasteiger partial charge in [0.2, 0.25) is 5.91 Å². The smallest absolute Gasteiger partial charge is 0.224 e. The summed E-state index contributed by atoms with van der Waals surface area (Å²) in [5.41, 5.74) is 3.98. The summed E-state index contributed by atoms with van der Waals surface area (Å²) in [7, 11) is 0. The third-order valence-electron chi connectivity index (χ3n) is 3.24. The van der Waals surface area contributed by atoms with Gasteiger partial charge in [0.05, 0.1) is 6.54 Å². The maximum Gasteiger partial charge on any atom is 0.224 e. The summed E-state index contributed by atoms with van der Waals surface area (Å²) in [6.45, 7) is 8.24. The molecule has 0 fully saturated rings. The van der Waals surface area contributed by atoms with Gasteiger partial charge in [-0.15, -0.1) is 0 Å². The van der Waals surface area contributed by atoms with Crippen molar-refractivity contribution < 1.29 is 4.79 Å². The fourth-order valence-electron chi connectivity index (χ4n) is 2.14. The van der Waals surface area contributed by atoms with Crippen LogP contribution in [0.3, 0.4) is 0 Å². The molecule has 0 unspecified atom stereocenters. The number of amides is 1. The van der Waals surface area contributed by atoms with Gasteiger partial charge >= 0.3 is 0 Å². The molecule has 0 atom stereocenters. The molecule has 0 aliphatic heterocycles. The molecule has 2 nitrogen and oxygen atoms in total. The van der Waals surface area contributed by atoms with Crippen LogP contribution in [0.5, 0.6) is 0 Å². The van der Waals surface area contributed by atoms with Crippen molar-refractivity contribution in [2.45, 2.75) is 20.4 Å². The lowest BCUT2D eigenvalue weighted by molar-refractivity contribution is -0.126. The second kappa shape index (κ2) is 6.20. The third kappa shape index (κ3) is 3.35. The second-order valence-corrected chi connectivity index (χ2v) is 4.91. The van der Waals surface area contributed by atoms with Crippen molar-refractivity contribution >= 4 is 11.6 Å². The van der Waals surface area contributed by atoms with Crippen molar-refractivity contribution in [3.63, 3.8) is 0 Å². The lowest BCUT2D eigenvalue weighted by atomic mass is 10.1. The molecule has 2 aromatic rings. The summed E-state index contributed by atoms with van der Waals surface area (Å²) in [6.07, 6.45) is 0. The number of aryl methyl sites for hydroxylation is 1. The van der Waals surface area contributed by atoms with E-state index in [0.717, 1.165) is 22.4 Å². The quantitative estimate of drug-likeness (QED) is 0.817. The Hall–Kier alpha value is -2.35. The van der Waals surface area contributed by atoms with E-state index in [1.807, 2.05) is 61.5 Å². The normalized spacial score (nSPS) is 10.1. The minimum Gasteiger partial charge on any atom is -0.308 e. The molecular weight excluding hydrogens is 246 g/mol. The summed E-state index contributed by atoms with van der Waals surface area (Å²) >= 11 is 0. The molecule has 0 saturated carbocycles. The van der Waals surface area contributed by atoms with Crippen LogP contribution in [0.1, 0.15) is 23.6 Å². The predicted molar refractivity (Wildman–Crippen MR) is 82.9 cm³/mol. The first-order valence-corrected chi connectivity index (χ1v) is 6.66. The number of carbonyl (C=O) groups excluding carboxylic acids is 1. The van der Waals surface area contributed by atoms with Crippen molar-refractivity contribution in [3.05, 3.63) is 77.9 Å². The fraction of sp³-hybridized carbons (Fsp3) is 0.167. The number of benzene rings is 2. The summed E-state index contributed by atoms with van der Waals surface area (Å²) in [5.74, 6) is 0.000333. The fourth-order valence-corrected chi connectivity index (χ4v) is 2.14. The zero-order chi connectivity index (χ0) is 14.5. The molecule has 1 amide bonds. The standard InChI is InChI=1S/C18H19NO/c1-14-8-7-11-18(12-14)15(2)19(16(3)20)13-17-9-5-4-6-10-17/h4-12H,2,13H2,1,3H3. The number of hydrogen-bond donors (Lipinski definition) is 0. The Balaban J connectivity index is 2.25. The minimum absolute atomic E-state index is 0.000333. The largest absolute Gasteiger partial charge is 0.308 e. The van der Waals surface area contributed by atoms with Crippen LogP contribution in [0.15, 0.2) is 61.2 Å². The Morgan fingerprint density at radius 2 is 1.80 bits per heavy atom. The summed E-state index contributed by atoms with van der Waals surface area (Å²) in [4.78, 5) is 13.6. The first kappa shape index (κ1) is 14.1. The van der Waals surface area contributed by atoms with Gasteiger partial charge in [-0.25, -0.2) is 0 Å². The van der Waals surface area contributed by atoms with E-state index in [0.29, 0.717) is 6.54 Å². The Bertz CT molecular complexity index is 616. The molecule has 0 aliphatic carbocycles. The van der Waals surface area contributed by atoms with E-state index in [9.17, 15) is 4.79 Å². The highest BCUT2D eigenvalue weighted by Gasteiger charge is 2.14. The molecular formula is C18H19NO. The first-order chi connectivity index (χ1) is 9.58. The Kier molecular flexibility index (Phi) is 4.36. The van der Waals surface area contributed by atoms with E-state index >= 15 is 0 Å². The monoisotopic (exact) mass is 265 g/mol. The van der Waals surface area contributed by atoms with Crippen molar-refractivity contribution in [1.82, 2.24) is 4.90 Å². The molecule has 0 N–H and O–H groups in total. The summed E-state index contributed by atoms with van der Waals surface area (Å²) < 4.78 is 0. The molecule has 0 bridgehead atoms. The van der Waals surface area contributed by atoms with Crippen LogP contribution in [-0.4, -0.2) is 10.8 Å². The molecule has 0 spiro atoms. The average molecular weight is 265 g/mol. The van der Waals surface area contributed by atoms with Gasteiger partial charge in [0, 0.05) is 12.6 Å². The molecule has 20 heavy (non-hydrogen) atoms. The van der Waals surface area contributed by atoms with Crippen LogP contribution < -0.4 is 0 Å². The number of nitrogens with zero attached hydrogens (tertiary/aromatic N) is 1. The number of carbonyl (C=O) groups is 1. The highest BCUT2D eigenvalue weighted by atomic mass is 16.2. The first-order valence-electron chi connectivity index (χ1n) is 6.66. The van der Waals surface area contributed by atoms with E-state index < -0.39 is 0 Å². The summed E-state index contributed by atoms with van der Waals surface area (Å²) in [5, 5.41) is 0. The number of hydrogen-bond acceptors (Lipinski definition) is 1. The SMILES string of the molecule is C=C(c1cccc(C)c1)N(Cc1ccccc1)C(C)=O. The topological polar surface area (TPSA) is 20.3 Å². The maximum atomic E-state index is 11.9. The maximum absolute atomic E-state index is 11.9. The van der Waals surface area contributed by atoms with Crippen molar-refractivity contribution in [1.29, 1.82) is 0 Å². The Morgan fingerprint density at radius 3 is 2.40 bits per heavy atom. The van der Waals surface area contributed by atoms with Gasteiger partial charge in [0.1, 0.15) is 0 Å². The van der Waals surface area contributed by atoms with Gasteiger partial charge in [0.25, 0.3) is 0 Å². The van der Waals surface area contributed by atoms with Gasteiger partial charge in [-0.2, -0.15) is 0 Å². The van der Waals surface area contributed by atoms with E-state index in [-0.39, 0.29) is 5.91 Å². The van der Waals surface area contributed by atoms with Crippen LogP contribution in [0.2, 0.25) is 0 Å². The average Bonchev–Trinajstić information content (AvgIpc) is 2.45. The van der Waals surface area contributed by atoms with Gasteiger partial charge in [-0.05, 0) is 24.1 Å². The van der Waals surface area contributed by atoms with Crippen LogP contribution in [-0.2, 0) is 11.3 Å². The lowest BCUT2D eigenvalue weighted by Crippen LogP contribution is -2.26. The van der Waals surface area contributed by atoms with Gasteiger partial charge in [-0.1, -0.05) is 60.7 Å². The van der Waals surface area contributed by atoms with Crippen LogP contribution in [0.25, 0.3) is 5.70 Å². The molecule has 2 aromatic carbocycles. The van der Waals surface area contributed by atoms with Gasteiger partial charge in [-0.3, -0.25) is 4.79 Å². The third-order valence-corrected chi connectivity index (χ3v) is 3.24. The van der Waals surface area contributed by atoms with Crippen LogP contribution in [0, 0.1) is 6.92 Å². The van der Waals surface area contributed by atoms with E-state index in [2.05, 4.69) is 6.58 Å². The highest BCUT2D eigenvalue weighted by molar-refractivity contribution is 5.84. The van der Waals surface area contributed by atoms with E-state index in [1.165, 1.54) is 0 Å². The zero-order valence-corrected chi connectivity index (χ0v) is 12.0. The molecule has 0 saturated heterocycles. The van der Waals surface area contributed by atoms with Gasteiger partial charge < -0.3 is 4.90 Å². The van der Waals surface area contributed by atoms with Crippen molar-refractivity contribution in [2.75, 3.05) is 0 Å². The minimum atomic E-state index is 0.000333. The van der Waals surface area contributed by atoms with Gasteiger partial charge in [0.15, 0.2) is 0 Å². The Labute approximate surface area is 120 Å². The van der Waals surface area contributed by atoms with E-state index in [1.54, 1.807) is 11.8 Å². The van der Waals surface area contributed by atoms with E-state index in [4.69, 9.17) is 0 Å². The molecule has 0 aromatic heterocycles. The zero-order valence-electron chi connectivity index (χ0n) is 12.0. The molecule has 0 aliphatic rings. The molecule has 0 heterocycles. The van der Waals surface area contributed by atoms with Crippen molar-refractivity contribution in [3.8, 4) is 0 Å². The molecule has 2 heteroatoms. The molecule has 2 rings (SSSR count). The second-order valence-electron chi connectivity index (χ2n) is 4.91. The summed E-state index contributed by atoms with van der Waals surface area (Å²) in [6, 6.07) is 18.0. The van der Waals surface area contributed by atoms with Crippen LogP contribution in [0.4, 0.5) is 0 Å². The molecule has 102 valence electrons. The number of rotatable bonds is 4. The Morgan fingerprint density at radius 1 is 1.10 bits per heavy atom. The lowest BCUT2D eigenvalue weighted by Gasteiger charge is -2.24. The van der Waals surface area contributed by atoms with Crippen LogP contribution >= 0.6 is 0 Å². The molecule has 0 radical (unpaired) electrons. The van der Waals surface area contributed by atoms with Crippen molar-refractivity contribution in [2.24, 2.45) is 0 Å². The predicted octanol–water partition coefficient (Wildman–Crippen LogP) is 4.01.